The van der Waals surface area contributed by atoms with Crippen LogP contribution in [0.15, 0.2) is 47.9 Å². The zero-order valence-electron chi connectivity index (χ0n) is 15.3. The van der Waals surface area contributed by atoms with Crippen molar-refractivity contribution in [2.45, 2.75) is 27.2 Å². The summed E-state index contributed by atoms with van der Waals surface area (Å²) in [6.45, 7) is 10.1. The molecule has 0 atom stereocenters. The Morgan fingerprint density at radius 1 is 1.19 bits per heavy atom. The molecule has 1 aromatic heterocycles. The lowest BCUT2D eigenvalue weighted by Crippen LogP contribution is -2.27. The molecule has 0 spiro atoms. The largest absolute Gasteiger partial charge is 0.318 e. The second-order valence-corrected chi connectivity index (χ2v) is 7.22. The molecule has 2 heterocycles. The first-order chi connectivity index (χ1) is 12.5. The van der Waals surface area contributed by atoms with E-state index in [0.717, 1.165) is 40.8 Å². The predicted molar refractivity (Wildman–Crippen MR) is 107 cm³/mol. The van der Waals surface area contributed by atoms with Crippen LogP contribution in [0.1, 0.15) is 29.4 Å². The predicted octanol–water partition coefficient (Wildman–Crippen LogP) is 4.88. The number of rotatable bonds is 5. The summed E-state index contributed by atoms with van der Waals surface area (Å²) in [6.07, 6.45) is 4.33. The number of hydrogen-bond acceptors (Lipinski definition) is 3. The van der Waals surface area contributed by atoms with Crippen LogP contribution < -0.4 is 0 Å². The quantitative estimate of drug-likeness (QED) is 0.559. The van der Waals surface area contributed by atoms with E-state index in [1.165, 1.54) is 10.5 Å². The van der Waals surface area contributed by atoms with Crippen LogP contribution in [-0.2, 0) is 11.2 Å². The van der Waals surface area contributed by atoms with E-state index in [-0.39, 0.29) is 17.7 Å². The molecule has 0 radical (unpaired) electrons. The number of benzene rings is 1. The molecule has 0 bridgehead atoms. The number of hydrogen-bond donors (Lipinski definition) is 0. The average molecular weight is 366 g/mol. The van der Waals surface area contributed by atoms with E-state index in [1.54, 1.807) is 6.08 Å². The Bertz CT molecular complexity index is 924. The van der Waals surface area contributed by atoms with E-state index in [4.69, 9.17) is 0 Å². The third-order valence-corrected chi connectivity index (χ3v) is 5.46. The van der Waals surface area contributed by atoms with E-state index in [1.807, 2.05) is 25.1 Å². The molecule has 0 saturated carbocycles. The number of para-hydroxylation sites is 1. The van der Waals surface area contributed by atoms with Gasteiger partial charge in [-0.1, -0.05) is 31.2 Å². The summed E-state index contributed by atoms with van der Waals surface area (Å²) in [4.78, 5) is 26.1. The van der Waals surface area contributed by atoms with Gasteiger partial charge in [-0.2, -0.15) is 0 Å². The number of aromatic nitrogens is 1. The monoisotopic (exact) mass is 366 g/mol. The Balaban J connectivity index is 2.03. The lowest BCUT2D eigenvalue weighted by atomic mass is 10.1. The molecule has 1 fully saturated rings. The Morgan fingerprint density at radius 2 is 1.92 bits per heavy atom. The SMILES string of the molecule is C=CCN1C(=O)S/C(=C/c2cc(C)n(-c3ccccc3CC)c2C)C1=O. The van der Waals surface area contributed by atoms with E-state index in [2.05, 4.69) is 43.2 Å². The van der Waals surface area contributed by atoms with E-state index in [9.17, 15) is 9.59 Å². The van der Waals surface area contributed by atoms with Crippen LogP contribution in [-0.4, -0.2) is 27.2 Å². The minimum Gasteiger partial charge on any atom is -0.318 e. The number of aryl methyl sites for hydroxylation is 2. The highest BCUT2D eigenvalue weighted by molar-refractivity contribution is 8.18. The van der Waals surface area contributed by atoms with Gasteiger partial charge in [0.1, 0.15) is 0 Å². The third-order valence-electron chi connectivity index (χ3n) is 4.56. The smallest absolute Gasteiger partial charge is 0.293 e. The summed E-state index contributed by atoms with van der Waals surface area (Å²) in [5.41, 5.74) is 5.54. The lowest BCUT2D eigenvalue weighted by molar-refractivity contribution is -0.122. The van der Waals surface area contributed by atoms with Gasteiger partial charge in [-0.25, -0.2) is 0 Å². The van der Waals surface area contributed by atoms with Gasteiger partial charge in [0, 0.05) is 23.6 Å². The highest BCUT2D eigenvalue weighted by Gasteiger charge is 2.34. The van der Waals surface area contributed by atoms with Gasteiger partial charge < -0.3 is 4.57 Å². The van der Waals surface area contributed by atoms with Crippen LogP contribution in [0.3, 0.4) is 0 Å². The molecule has 1 aromatic carbocycles. The van der Waals surface area contributed by atoms with E-state index in [0.29, 0.717) is 4.91 Å². The lowest BCUT2D eigenvalue weighted by Gasteiger charge is -2.14. The molecule has 26 heavy (non-hydrogen) atoms. The third kappa shape index (κ3) is 3.15. The maximum atomic E-state index is 12.4. The number of carbonyl (C=O) groups excluding carboxylic acids is 2. The van der Waals surface area contributed by atoms with Crippen molar-refractivity contribution < 1.29 is 9.59 Å². The molecule has 5 heteroatoms. The first kappa shape index (κ1) is 18.3. The van der Waals surface area contributed by atoms with Crippen LogP contribution in [0.4, 0.5) is 4.79 Å². The zero-order valence-corrected chi connectivity index (χ0v) is 16.1. The van der Waals surface area contributed by atoms with Gasteiger partial charge in [0.15, 0.2) is 0 Å². The van der Waals surface area contributed by atoms with E-state index < -0.39 is 0 Å². The second kappa shape index (κ2) is 7.38. The Labute approximate surface area is 158 Å². The van der Waals surface area contributed by atoms with Crippen molar-refractivity contribution in [3.63, 3.8) is 0 Å². The highest BCUT2D eigenvalue weighted by Crippen LogP contribution is 2.34. The fraction of sp³-hybridized carbons (Fsp3) is 0.238. The number of nitrogens with zero attached hydrogens (tertiary/aromatic N) is 2. The van der Waals surface area contributed by atoms with E-state index >= 15 is 0 Å². The molecule has 1 aliphatic rings. The van der Waals surface area contributed by atoms with Crippen molar-refractivity contribution in [3.05, 3.63) is 70.4 Å². The van der Waals surface area contributed by atoms with Crippen molar-refractivity contribution >= 4 is 29.0 Å². The van der Waals surface area contributed by atoms with Crippen molar-refractivity contribution in [2.75, 3.05) is 6.54 Å². The molecule has 2 amide bonds. The molecular weight excluding hydrogens is 344 g/mol. The summed E-state index contributed by atoms with van der Waals surface area (Å²) < 4.78 is 2.21. The molecule has 0 N–H and O–H groups in total. The maximum Gasteiger partial charge on any atom is 0.293 e. The van der Waals surface area contributed by atoms with Gasteiger partial charge >= 0.3 is 0 Å². The van der Waals surface area contributed by atoms with Crippen molar-refractivity contribution in [1.82, 2.24) is 9.47 Å². The van der Waals surface area contributed by atoms with Crippen LogP contribution in [0.25, 0.3) is 11.8 Å². The van der Waals surface area contributed by atoms with Crippen molar-refractivity contribution in [1.29, 1.82) is 0 Å². The van der Waals surface area contributed by atoms with Crippen LogP contribution >= 0.6 is 11.8 Å². The molecule has 0 aliphatic carbocycles. The molecule has 134 valence electrons. The van der Waals surface area contributed by atoms with Crippen LogP contribution in [0.5, 0.6) is 0 Å². The summed E-state index contributed by atoms with van der Waals surface area (Å²) in [5, 5.41) is -0.244. The van der Waals surface area contributed by atoms with Gasteiger partial charge in [-0.05, 0) is 61.4 Å². The topological polar surface area (TPSA) is 42.3 Å². The second-order valence-electron chi connectivity index (χ2n) is 6.23. The fourth-order valence-corrected chi connectivity index (χ4v) is 4.10. The Hall–Kier alpha value is -2.53. The molecule has 1 saturated heterocycles. The number of carbonyl (C=O) groups is 2. The highest BCUT2D eigenvalue weighted by atomic mass is 32.2. The summed E-state index contributed by atoms with van der Waals surface area (Å²) in [6, 6.07) is 10.4. The molecule has 1 aliphatic heterocycles. The van der Waals surface area contributed by atoms with Crippen molar-refractivity contribution in [2.24, 2.45) is 0 Å². The van der Waals surface area contributed by atoms with Gasteiger partial charge in [0.05, 0.1) is 4.91 Å². The minimum atomic E-state index is -0.251. The Morgan fingerprint density at radius 3 is 2.62 bits per heavy atom. The zero-order chi connectivity index (χ0) is 18.8. The number of imide groups is 1. The average Bonchev–Trinajstić information content (AvgIpc) is 3.05. The molecular formula is C21H22N2O2S. The summed E-state index contributed by atoms with van der Waals surface area (Å²) >= 11 is 0.985. The minimum absolute atomic E-state index is 0.241. The van der Waals surface area contributed by atoms with Crippen molar-refractivity contribution in [3.8, 4) is 5.69 Å². The van der Waals surface area contributed by atoms with Gasteiger partial charge in [-0.15, -0.1) is 6.58 Å². The Kier molecular flexibility index (Phi) is 5.18. The van der Waals surface area contributed by atoms with Crippen LogP contribution in [0, 0.1) is 13.8 Å². The maximum absolute atomic E-state index is 12.4. The van der Waals surface area contributed by atoms with Gasteiger partial charge in [0.2, 0.25) is 0 Å². The summed E-state index contributed by atoms with van der Waals surface area (Å²) in [5.74, 6) is -0.251. The first-order valence-electron chi connectivity index (χ1n) is 8.61. The van der Waals surface area contributed by atoms with Gasteiger partial charge in [-0.3, -0.25) is 14.5 Å². The fourth-order valence-electron chi connectivity index (χ4n) is 3.26. The molecule has 4 nitrogen and oxygen atoms in total. The molecule has 3 rings (SSSR count). The number of amides is 2. The normalized spacial score (nSPS) is 16.0. The van der Waals surface area contributed by atoms with Crippen LogP contribution in [0.2, 0.25) is 0 Å². The standard InChI is InChI=1S/C21H22N2O2S/c1-5-11-22-20(24)19(26-21(22)25)13-17-12-14(3)23(15(17)4)18-10-8-7-9-16(18)6-2/h5,7-10,12-13H,1,6,11H2,2-4H3/b19-13+. The van der Waals surface area contributed by atoms with Gasteiger partial charge in [0.25, 0.3) is 11.1 Å². The first-order valence-corrected chi connectivity index (χ1v) is 9.43. The summed E-state index contributed by atoms with van der Waals surface area (Å²) in [7, 11) is 0. The number of thioether (sulfide) groups is 1. The molecule has 0 unspecified atom stereocenters. The molecule has 2 aromatic rings.